The van der Waals surface area contributed by atoms with Gasteiger partial charge in [0, 0.05) is 31.7 Å². The van der Waals surface area contributed by atoms with E-state index in [1.54, 1.807) is 5.01 Å². The van der Waals surface area contributed by atoms with E-state index in [-0.39, 0.29) is 31.2 Å². The van der Waals surface area contributed by atoms with Gasteiger partial charge in [-0.3, -0.25) is 10.1 Å². The Bertz CT molecular complexity index is 566. The summed E-state index contributed by atoms with van der Waals surface area (Å²) in [5.41, 5.74) is 9.29. The number of piperidine rings is 2. The average molecular weight is 398 g/mol. The van der Waals surface area contributed by atoms with E-state index in [1.807, 2.05) is 0 Å². The highest BCUT2D eigenvalue weighted by atomic mass is 19.1. The van der Waals surface area contributed by atoms with Crippen molar-refractivity contribution in [1.29, 1.82) is 0 Å². The normalized spacial score (nSPS) is 45.6. The smallest absolute Gasteiger partial charge is 0.229 e. The summed E-state index contributed by atoms with van der Waals surface area (Å²) in [5, 5.41) is 11.9. The van der Waals surface area contributed by atoms with Crippen LogP contribution in [0.3, 0.4) is 0 Å². The van der Waals surface area contributed by atoms with Gasteiger partial charge >= 0.3 is 0 Å². The Labute approximate surface area is 167 Å². The molecule has 4 fully saturated rings. The Balaban J connectivity index is 1.45. The molecule has 4 saturated heterocycles. The van der Waals surface area contributed by atoms with Crippen LogP contribution in [0, 0.1) is 17.8 Å². The van der Waals surface area contributed by atoms with E-state index in [1.165, 1.54) is 12.8 Å². The maximum atomic E-state index is 13.7. The molecule has 28 heavy (non-hydrogen) atoms. The average Bonchev–Trinajstić information content (AvgIpc) is 2.97. The number of fused-ring (bicyclic) bond motifs is 1. The van der Waals surface area contributed by atoms with Crippen LogP contribution in [0.5, 0.6) is 0 Å². The summed E-state index contributed by atoms with van der Waals surface area (Å²) in [4.78, 5) is 15.5. The fourth-order valence-electron chi connectivity index (χ4n) is 5.62. The second-order valence-corrected chi connectivity index (χ2v) is 9.21. The van der Waals surface area contributed by atoms with Gasteiger partial charge in [-0.15, -0.1) is 0 Å². The molecular formula is C19H36FN7O. The third-order valence-electron chi connectivity index (χ3n) is 7.11. The van der Waals surface area contributed by atoms with Gasteiger partial charge in [-0.25, -0.2) is 14.8 Å². The number of carbonyl (C=O) groups excluding carboxylic acids is 1. The topological polar surface area (TPSA) is 97.7 Å². The standard InChI is InChI=1S/C19H36FN7O/c1-11-4-3-6-22-16(11)13-5-7-26(2)10-14(13)24-19(28)15-17(21)25-27-9-12(20)8-23-18(15)27/h11-18,22-23,25H,3-10,21H2,1-2H3,(H,24,28). The molecule has 8 nitrogen and oxygen atoms in total. The van der Waals surface area contributed by atoms with Crippen LogP contribution < -0.4 is 27.1 Å². The Kier molecular flexibility index (Phi) is 6.20. The van der Waals surface area contributed by atoms with Crippen LogP contribution in [0.25, 0.3) is 0 Å². The maximum absolute atomic E-state index is 13.7. The minimum atomic E-state index is -0.951. The summed E-state index contributed by atoms with van der Waals surface area (Å²) in [6.07, 6.45) is 1.84. The summed E-state index contributed by atoms with van der Waals surface area (Å²) in [6, 6.07) is 0.544. The highest BCUT2D eigenvalue weighted by Gasteiger charge is 2.48. The molecule has 4 rings (SSSR count). The number of amides is 1. The number of nitrogens with zero attached hydrogens (tertiary/aromatic N) is 2. The molecule has 8 unspecified atom stereocenters. The molecule has 0 saturated carbocycles. The Morgan fingerprint density at radius 2 is 2.07 bits per heavy atom. The van der Waals surface area contributed by atoms with E-state index in [0.29, 0.717) is 17.9 Å². The van der Waals surface area contributed by atoms with Gasteiger partial charge < -0.3 is 21.3 Å². The van der Waals surface area contributed by atoms with Gasteiger partial charge in [-0.2, -0.15) is 0 Å². The third kappa shape index (κ3) is 4.06. The van der Waals surface area contributed by atoms with Gasteiger partial charge in [-0.05, 0) is 51.2 Å². The lowest BCUT2D eigenvalue weighted by atomic mass is 9.76. The van der Waals surface area contributed by atoms with E-state index >= 15 is 0 Å². The molecule has 1 amide bonds. The molecule has 9 heteroatoms. The summed E-state index contributed by atoms with van der Waals surface area (Å²) in [5.74, 6) is 0.573. The lowest BCUT2D eigenvalue weighted by molar-refractivity contribution is -0.128. The number of likely N-dealkylation sites (N-methyl/N-ethyl adjacent to an activating group) is 1. The van der Waals surface area contributed by atoms with Crippen molar-refractivity contribution in [3.05, 3.63) is 0 Å². The number of nitrogens with one attached hydrogen (secondary N) is 4. The molecular weight excluding hydrogens is 361 g/mol. The number of hydrazine groups is 1. The molecule has 0 radical (unpaired) electrons. The van der Waals surface area contributed by atoms with Crippen LogP contribution in [0.15, 0.2) is 0 Å². The van der Waals surface area contributed by atoms with Gasteiger partial charge in [0.15, 0.2) is 0 Å². The van der Waals surface area contributed by atoms with Gasteiger partial charge in [0.05, 0.1) is 18.2 Å². The molecule has 0 aromatic carbocycles. The molecule has 4 aliphatic rings. The zero-order valence-corrected chi connectivity index (χ0v) is 17.0. The number of halogens is 1. The van der Waals surface area contributed by atoms with Crippen molar-refractivity contribution in [2.24, 2.45) is 23.5 Å². The van der Waals surface area contributed by atoms with Crippen LogP contribution in [0.2, 0.25) is 0 Å². The summed E-state index contributed by atoms with van der Waals surface area (Å²) in [6.45, 7) is 5.81. The lowest BCUT2D eigenvalue weighted by Crippen LogP contribution is -2.62. The largest absolute Gasteiger partial charge is 0.351 e. The summed E-state index contributed by atoms with van der Waals surface area (Å²) < 4.78 is 13.7. The highest BCUT2D eigenvalue weighted by Crippen LogP contribution is 2.30. The van der Waals surface area contributed by atoms with Gasteiger partial charge in [0.2, 0.25) is 5.91 Å². The molecule has 8 atom stereocenters. The summed E-state index contributed by atoms with van der Waals surface area (Å²) in [7, 11) is 2.11. The van der Waals surface area contributed by atoms with Crippen LogP contribution in [-0.4, -0.2) is 86.2 Å². The highest BCUT2D eigenvalue weighted by molar-refractivity contribution is 5.80. The first kappa shape index (κ1) is 20.4. The fourth-order valence-corrected chi connectivity index (χ4v) is 5.62. The maximum Gasteiger partial charge on any atom is 0.229 e. The fraction of sp³-hybridized carbons (Fsp3) is 0.947. The molecule has 4 aliphatic heterocycles. The minimum Gasteiger partial charge on any atom is -0.351 e. The van der Waals surface area contributed by atoms with E-state index in [2.05, 4.69) is 40.2 Å². The van der Waals surface area contributed by atoms with Gasteiger partial charge in [0.1, 0.15) is 6.17 Å². The molecule has 0 aromatic heterocycles. The molecule has 0 bridgehead atoms. The zero-order chi connectivity index (χ0) is 19.8. The lowest BCUT2D eigenvalue weighted by Gasteiger charge is -2.45. The first-order chi connectivity index (χ1) is 13.4. The van der Waals surface area contributed by atoms with E-state index < -0.39 is 18.3 Å². The summed E-state index contributed by atoms with van der Waals surface area (Å²) >= 11 is 0. The van der Waals surface area contributed by atoms with E-state index in [9.17, 15) is 9.18 Å². The van der Waals surface area contributed by atoms with Crippen molar-refractivity contribution in [2.45, 2.75) is 56.8 Å². The van der Waals surface area contributed by atoms with Crippen molar-refractivity contribution in [3.63, 3.8) is 0 Å². The number of likely N-dealkylation sites (tertiary alicyclic amines) is 1. The molecule has 0 aliphatic carbocycles. The van der Waals surface area contributed by atoms with Crippen molar-refractivity contribution in [1.82, 2.24) is 31.3 Å². The Morgan fingerprint density at radius 1 is 1.25 bits per heavy atom. The van der Waals surface area contributed by atoms with Crippen LogP contribution in [0.4, 0.5) is 4.39 Å². The van der Waals surface area contributed by atoms with Crippen molar-refractivity contribution in [2.75, 3.05) is 39.8 Å². The second kappa shape index (κ2) is 8.49. The van der Waals surface area contributed by atoms with Gasteiger partial charge in [-0.1, -0.05) is 6.92 Å². The number of nitrogens with two attached hydrogens (primary N) is 1. The van der Waals surface area contributed by atoms with Crippen LogP contribution >= 0.6 is 0 Å². The van der Waals surface area contributed by atoms with E-state index in [4.69, 9.17) is 5.73 Å². The van der Waals surface area contributed by atoms with Gasteiger partial charge in [0.25, 0.3) is 0 Å². The number of hydrogen-bond donors (Lipinski definition) is 5. The number of hydrogen-bond acceptors (Lipinski definition) is 7. The zero-order valence-electron chi connectivity index (χ0n) is 17.0. The number of alkyl halides is 1. The SMILES string of the molecule is CC1CCCNC1C1CCN(C)CC1NC(=O)C1C(N)NN2CC(F)CNC12. The van der Waals surface area contributed by atoms with Crippen molar-refractivity contribution < 1.29 is 9.18 Å². The Hall–Kier alpha value is -0.840. The number of carbonyl (C=O) groups is 1. The van der Waals surface area contributed by atoms with Crippen LogP contribution in [-0.2, 0) is 4.79 Å². The molecule has 4 heterocycles. The van der Waals surface area contributed by atoms with Crippen molar-refractivity contribution in [3.8, 4) is 0 Å². The molecule has 6 N–H and O–H groups in total. The second-order valence-electron chi connectivity index (χ2n) is 9.21. The third-order valence-corrected chi connectivity index (χ3v) is 7.11. The molecule has 0 aromatic rings. The quantitative estimate of drug-likeness (QED) is 0.408. The first-order valence-electron chi connectivity index (χ1n) is 10.8. The minimum absolute atomic E-state index is 0.0360. The van der Waals surface area contributed by atoms with Crippen molar-refractivity contribution >= 4 is 5.91 Å². The number of rotatable bonds is 3. The van der Waals surface area contributed by atoms with Crippen LogP contribution in [0.1, 0.15) is 26.2 Å². The Morgan fingerprint density at radius 3 is 2.86 bits per heavy atom. The predicted molar refractivity (Wildman–Crippen MR) is 106 cm³/mol. The first-order valence-corrected chi connectivity index (χ1v) is 10.8. The monoisotopic (exact) mass is 397 g/mol. The van der Waals surface area contributed by atoms with E-state index in [0.717, 1.165) is 26.1 Å². The molecule has 160 valence electrons. The predicted octanol–water partition coefficient (Wildman–Crippen LogP) is -1.20. The molecule has 0 spiro atoms.